The van der Waals surface area contributed by atoms with Crippen molar-refractivity contribution in [3.63, 3.8) is 0 Å². The van der Waals surface area contributed by atoms with Crippen LogP contribution in [0.25, 0.3) is 0 Å². The zero-order valence-electron chi connectivity index (χ0n) is 14.4. The van der Waals surface area contributed by atoms with E-state index < -0.39 is 21.7 Å². The quantitative estimate of drug-likeness (QED) is 0.794. The SMILES string of the molecule is CN(C)c1cnnc(N2CCN(S(=O)(=O)c3ccc(F)c(F)c3)CC2)c1. The van der Waals surface area contributed by atoms with Crippen molar-refractivity contribution in [2.75, 3.05) is 50.1 Å². The van der Waals surface area contributed by atoms with E-state index in [0.717, 1.165) is 17.8 Å². The van der Waals surface area contributed by atoms with Crippen molar-refractivity contribution in [2.45, 2.75) is 4.90 Å². The first-order valence-electron chi connectivity index (χ1n) is 7.99. The van der Waals surface area contributed by atoms with Crippen molar-refractivity contribution in [2.24, 2.45) is 0 Å². The molecule has 0 N–H and O–H groups in total. The molecule has 0 atom stereocenters. The molecule has 1 aliphatic rings. The first-order valence-corrected chi connectivity index (χ1v) is 9.43. The van der Waals surface area contributed by atoms with E-state index in [1.54, 1.807) is 6.20 Å². The summed E-state index contributed by atoms with van der Waals surface area (Å²) in [5, 5.41) is 8.07. The average Bonchev–Trinajstić information content (AvgIpc) is 2.64. The van der Waals surface area contributed by atoms with Gasteiger partial charge in [0.1, 0.15) is 0 Å². The zero-order valence-corrected chi connectivity index (χ0v) is 15.2. The Morgan fingerprint density at radius 2 is 1.73 bits per heavy atom. The summed E-state index contributed by atoms with van der Waals surface area (Å²) in [5.41, 5.74) is 0.895. The van der Waals surface area contributed by atoms with Crippen molar-refractivity contribution >= 4 is 21.5 Å². The summed E-state index contributed by atoms with van der Waals surface area (Å²) in [6.07, 6.45) is 1.65. The lowest BCUT2D eigenvalue weighted by Gasteiger charge is -2.34. The predicted molar refractivity (Wildman–Crippen MR) is 93.7 cm³/mol. The Balaban J connectivity index is 1.73. The third-order valence-corrected chi connectivity index (χ3v) is 6.13. The number of hydrogen-bond acceptors (Lipinski definition) is 6. The maximum absolute atomic E-state index is 13.4. The van der Waals surface area contributed by atoms with Crippen molar-refractivity contribution in [1.82, 2.24) is 14.5 Å². The maximum Gasteiger partial charge on any atom is 0.243 e. The smallest absolute Gasteiger partial charge is 0.243 e. The summed E-state index contributed by atoms with van der Waals surface area (Å²) in [5.74, 6) is -1.59. The summed E-state index contributed by atoms with van der Waals surface area (Å²) < 4.78 is 52.9. The lowest BCUT2D eigenvalue weighted by Crippen LogP contribution is -2.49. The summed E-state index contributed by atoms with van der Waals surface area (Å²) in [7, 11) is -0.0808. The van der Waals surface area contributed by atoms with Crippen molar-refractivity contribution in [3.05, 3.63) is 42.1 Å². The number of benzene rings is 1. The van der Waals surface area contributed by atoms with Crippen molar-refractivity contribution in [1.29, 1.82) is 0 Å². The molecule has 0 saturated carbocycles. The van der Waals surface area contributed by atoms with Gasteiger partial charge in [-0.25, -0.2) is 17.2 Å². The minimum atomic E-state index is -3.87. The third kappa shape index (κ3) is 3.61. The fourth-order valence-electron chi connectivity index (χ4n) is 2.69. The third-order valence-electron chi connectivity index (χ3n) is 4.24. The molecule has 10 heteroatoms. The largest absolute Gasteiger partial charge is 0.376 e. The molecule has 0 spiro atoms. The van der Waals surface area contributed by atoms with Crippen LogP contribution in [-0.4, -0.2) is 63.2 Å². The Morgan fingerprint density at radius 1 is 1.04 bits per heavy atom. The van der Waals surface area contributed by atoms with Gasteiger partial charge in [-0.3, -0.25) is 0 Å². The summed E-state index contributed by atoms with van der Waals surface area (Å²) in [6.45, 7) is 1.29. The molecule has 0 amide bonds. The van der Waals surface area contributed by atoms with E-state index in [-0.39, 0.29) is 18.0 Å². The summed E-state index contributed by atoms with van der Waals surface area (Å²) in [4.78, 5) is 3.60. The minimum absolute atomic E-state index is 0.217. The fourth-order valence-corrected chi connectivity index (χ4v) is 4.12. The van der Waals surface area contributed by atoms with Crippen LogP contribution < -0.4 is 9.80 Å². The van der Waals surface area contributed by atoms with E-state index in [2.05, 4.69) is 10.2 Å². The molecule has 1 fully saturated rings. The number of piperazine rings is 1. The van der Waals surface area contributed by atoms with Crippen LogP contribution in [0.3, 0.4) is 0 Å². The molecule has 1 aromatic carbocycles. The molecule has 0 radical (unpaired) electrons. The second kappa shape index (κ2) is 7.12. The van der Waals surface area contributed by atoms with Gasteiger partial charge in [0.05, 0.1) is 16.8 Å². The molecule has 2 aromatic rings. The highest BCUT2D eigenvalue weighted by molar-refractivity contribution is 7.89. The molecule has 1 aromatic heterocycles. The van der Waals surface area contributed by atoms with Crippen LogP contribution in [0.2, 0.25) is 0 Å². The van der Waals surface area contributed by atoms with E-state index in [4.69, 9.17) is 0 Å². The van der Waals surface area contributed by atoms with Gasteiger partial charge in [0, 0.05) is 46.3 Å². The van der Waals surface area contributed by atoms with Gasteiger partial charge in [0.15, 0.2) is 17.5 Å². The fraction of sp³-hybridized carbons (Fsp3) is 0.375. The van der Waals surface area contributed by atoms with Crippen LogP contribution in [0.5, 0.6) is 0 Å². The Bertz CT molecular complexity index is 899. The van der Waals surface area contributed by atoms with Crippen molar-refractivity contribution < 1.29 is 17.2 Å². The number of anilines is 2. The van der Waals surface area contributed by atoms with Crippen LogP contribution in [0.15, 0.2) is 35.4 Å². The van der Waals surface area contributed by atoms with Crippen LogP contribution in [0.4, 0.5) is 20.3 Å². The monoisotopic (exact) mass is 383 g/mol. The van der Waals surface area contributed by atoms with E-state index >= 15 is 0 Å². The van der Waals surface area contributed by atoms with Gasteiger partial charge in [-0.15, -0.1) is 5.10 Å². The molecule has 2 heterocycles. The van der Waals surface area contributed by atoms with E-state index in [0.29, 0.717) is 25.0 Å². The van der Waals surface area contributed by atoms with Crippen LogP contribution in [-0.2, 0) is 10.0 Å². The molecule has 3 rings (SSSR count). The molecule has 0 bridgehead atoms. The molecule has 7 nitrogen and oxygen atoms in total. The van der Waals surface area contributed by atoms with E-state index in [1.165, 1.54) is 4.31 Å². The second-order valence-electron chi connectivity index (χ2n) is 6.13. The van der Waals surface area contributed by atoms with Gasteiger partial charge in [-0.1, -0.05) is 0 Å². The molecule has 0 aliphatic carbocycles. The number of nitrogens with zero attached hydrogens (tertiary/aromatic N) is 5. The van der Waals surface area contributed by atoms with Crippen LogP contribution >= 0.6 is 0 Å². The highest BCUT2D eigenvalue weighted by Crippen LogP contribution is 2.22. The standard InChI is InChI=1S/C16H19F2N5O2S/c1-21(2)12-9-16(20-19-11-12)22-5-7-23(8-6-22)26(24,25)13-3-4-14(17)15(18)10-13/h3-4,9-11H,5-8H2,1-2H3. The maximum atomic E-state index is 13.4. The van der Waals surface area contributed by atoms with Gasteiger partial charge in [0.25, 0.3) is 0 Å². The highest BCUT2D eigenvalue weighted by Gasteiger charge is 2.29. The number of halogens is 2. The Labute approximate surface area is 150 Å². The van der Waals surface area contributed by atoms with Gasteiger partial charge in [-0.2, -0.15) is 9.40 Å². The lowest BCUT2D eigenvalue weighted by molar-refractivity contribution is 0.383. The van der Waals surface area contributed by atoms with E-state index in [1.807, 2.05) is 30.0 Å². The van der Waals surface area contributed by atoms with Gasteiger partial charge < -0.3 is 9.80 Å². The highest BCUT2D eigenvalue weighted by atomic mass is 32.2. The van der Waals surface area contributed by atoms with Gasteiger partial charge in [-0.05, 0) is 18.2 Å². The van der Waals surface area contributed by atoms with E-state index in [9.17, 15) is 17.2 Å². The number of rotatable bonds is 4. The second-order valence-corrected chi connectivity index (χ2v) is 8.07. The van der Waals surface area contributed by atoms with Crippen molar-refractivity contribution in [3.8, 4) is 0 Å². The van der Waals surface area contributed by atoms with Crippen LogP contribution in [0.1, 0.15) is 0 Å². The average molecular weight is 383 g/mol. The lowest BCUT2D eigenvalue weighted by atomic mass is 10.3. The molecule has 26 heavy (non-hydrogen) atoms. The Morgan fingerprint density at radius 3 is 2.35 bits per heavy atom. The topological polar surface area (TPSA) is 69.6 Å². The summed E-state index contributed by atoms with van der Waals surface area (Å²) in [6, 6.07) is 4.49. The molecule has 140 valence electrons. The Hall–Kier alpha value is -2.33. The summed E-state index contributed by atoms with van der Waals surface area (Å²) >= 11 is 0. The molecular formula is C16H19F2N5O2S. The first-order chi connectivity index (χ1) is 12.3. The first kappa shape index (κ1) is 18.5. The molecule has 0 unspecified atom stereocenters. The molecule has 1 saturated heterocycles. The number of hydrogen-bond donors (Lipinski definition) is 0. The normalized spacial score (nSPS) is 15.9. The minimum Gasteiger partial charge on any atom is -0.376 e. The molecular weight excluding hydrogens is 364 g/mol. The molecule has 1 aliphatic heterocycles. The van der Waals surface area contributed by atoms with Crippen LogP contribution in [0, 0.1) is 11.6 Å². The number of sulfonamides is 1. The number of aromatic nitrogens is 2. The zero-order chi connectivity index (χ0) is 18.9. The predicted octanol–water partition coefficient (Wildman–Crippen LogP) is 1.33. The van der Waals surface area contributed by atoms with Gasteiger partial charge in [0.2, 0.25) is 10.0 Å². The Kier molecular flexibility index (Phi) is 5.05. The van der Waals surface area contributed by atoms with Gasteiger partial charge >= 0.3 is 0 Å².